The number of aromatic hydroxyl groups is 1. The maximum Gasteiger partial charge on any atom is 0.410 e. The molecule has 2 N–H and O–H groups in total. The number of esters is 1. The van der Waals surface area contributed by atoms with E-state index in [1.807, 2.05) is 30.3 Å². The average molecular weight is 370 g/mol. The van der Waals surface area contributed by atoms with Crippen molar-refractivity contribution < 1.29 is 24.2 Å². The van der Waals surface area contributed by atoms with Gasteiger partial charge in [0.2, 0.25) is 0 Å². The minimum Gasteiger partial charge on any atom is -0.507 e. The number of hydrogen-bond donors (Lipinski definition) is 2. The second kappa shape index (κ2) is 8.55. The van der Waals surface area contributed by atoms with Crippen molar-refractivity contribution >= 4 is 12.1 Å². The Morgan fingerprint density at radius 1 is 1.22 bits per heavy atom. The second-order valence-corrected chi connectivity index (χ2v) is 6.26. The lowest BCUT2D eigenvalue weighted by Gasteiger charge is -2.33. The van der Waals surface area contributed by atoms with Gasteiger partial charge in [-0.2, -0.15) is 0 Å². The third kappa shape index (κ3) is 4.57. The maximum atomic E-state index is 12.4. The van der Waals surface area contributed by atoms with E-state index < -0.39 is 5.97 Å². The molecule has 0 aromatic heterocycles. The Morgan fingerprint density at radius 3 is 2.70 bits per heavy atom. The molecule has 0 saturated carbocycles. The summed E-state index contributed by atoms with van der Waals surface area (Å²) >= 11 is 0. The molecule has 1 saturated heterocycles. The monoisotopic (exact) mass is 370 g/mol. The fourth-order valence-corrected chi connectivity index (χ4v) is 3.00. The zero-order chi connectivity index (χ0) is 19.2. The molecule has 142 valence electrons. The summed E-state index contributed by atoms with van der Waals surface area (Å²) in [5.41, 5.74) is 1.82. The lowest BCUT2D eigenvalue weighted by atomic mass is 10.0. The highest BCUT2D eigenvalue weighted by atomic mass is 16.6. The van der Waals surface area contributed by atoms with Gasteiger partial charge in [-0.05, 0) is 23.3 Å². The van der Waals surface area contributed by atoms with Gasteiger partial charge in [-0.3, -0.25) is 0 Å². The van der Waals surface area contributed by atoms with Crippen LogP contribution in [0.3, 0.4) is 0 Å². The number of hydrogen-bond acceptors (Lipinski definition) is 6. The van der Waals surface area contributed by atoms with E-state index in [2.05, 4.69) is 10.1 Å². The molecule has 1 heterocycles. The van der Waals surface area contributed by atoms with E-state index >= 15 is 0 Å². The lowest BCUT2D eigenvalue weighted by Crippen LogP contribution is -2.48. The molecule has 3 rings (SSSR count). The first kappa shape index (κ1) is 18.7. The quantitative estimate of drug-likeness (QED) is 0.804. The zero-order valence-electron chi connectivity index (χ0n) is 15.1. The second-order valence-electron chi connectivity index (χ2n) is 6.26. The van der Waals surface area contributed by atoms with Gasteiger partial charge < -0.3 is 24.8 Å². The summed E-state index contributed by atoms with van der Waals surface area (Å²) in [7, 11) is 1.26. The van der Waals surface area contributed by atoms with Gasteiger partial charge in [0.25, 0.3) is 0 Å². The Kier molecular flexibility index (Phi) is 5.93. The van der Waals surface area contributed by atoms with Gasteiger partial charge in [0, 0.05) is 19.6 Å². The molecule has 1 atom stereocenters. The summed E-state index contributed by atoms with van der Waals surface area (Å²) in [5.74, 6) is -0.744. The van der Waals surface area contributed by atoms with Crippen LogP contribution in [0.4, 0.5) is 4.79 Å². The molecular formula is C20H22N2O5. The van der Waals surface area contributed by atoms with Crippen LogP contribution in [-0.4, -0.2) is 48.8 Å². The molecule has 7 heteroatoms. The maximum absolute atomic E-state index is 12.4. The summed E-state index contributed by atoms with van der Waals surface area (Å²) in [6.07, 6.45) is -0.374. The number of phenolic OH excluding ortho intramolecular Hbond substituents is 1. The SMILES string of the molecule is COC(=O)c1ccc(C2CN(C(=O)OCc3ccccc3)CCN2)cc1O. The highest BCUT2D eigenvalue weighted by Crippen LogP contribution is 2.25. The predicted molar refractivity (Wildman–Crippen MR) is 98.4 cm³/mol. The summed E-state index contributed by atoms with van der Waals surface area (Å²) in [6.45, 7) is 1.77. The van der Waals surface area contributed by atoms with Crippen LogP contribution in [-0.2, 0) is 16.1 Å². The van der Waals surface area contributed by atoms with E-state index in [9.17, 15) is 14.7 Å². The van der Waals surface area contributed by atoms with Gasteiger partial charge in [0.1, 0.15) is 17.9 Å². The molecule has 1 fully saturated rings. The number of carbonyl (C=O) groups excluding carboxylic acids is 2. The largest absolute Gasteiger partial charge is 0.507 e. The molecule has 0 aliphatic carbocycles. The molecule has 1 amide bonds. The number of nitrogens with one attached hydrogen (secondary N) is 1. The predicted octanol–water partition coefficient (Wildman–Crippen LogP) is 2.46. The van der Waals surface area contributed by atoms with Crippen LogP contribution in [0.2, 0.25) is 0 Å². The van der Waals surface area contributed by atoms with Crippen molar-refractivity contribution in [1.29, 1.82) is 0 Å². The van der Waals surface area contributed by atoms with Gasteiger partial charge in [0.15, 0.2) is 0 Å². The van der Waals surface area contributed by atoms with Crippen LogP contribution in [0.1, 0.15) is 27.5 Å². The van der Waals surface area contributed by atoms with E-state index in [1.54, 1.807) is 11.0 Å². The van der Waals surface area contributed by atoms with Crippen LogP contribution in [0.5, 0.6) is 5.75 Å². The number of phenols is 1. The number of piperazine rings is 1. The first-order chi connectivity index (χ1) is 13.1. The Bertz CT molecular complexity index is 809. The van der Waals surface area contributed by atoms with Crippen LogP contribution in [0.25, 0.3) is 0 Å². The van der Waals surface area contributed by atoms with E-state index in [0.717, 1.165) is 11.1 Å². The van der Waals surface area contributed by atoms with Crippen molar-refractivity contribution in [2.45, 2.75) is 12.6 Å². The fourth-order valence-electron chi connectivity index (χ4n) is 3.00. The first-order valence-corrected chi connectivity index (χ1v) is 8.68. The molecule has 1 aliphatic rings. The fraction of sp³-hybridized carbons (Fsp3) is 0.300. The highest BCUT2D eigenvalue weighted by molar-refractivity contribution is 5.92. The smallest absolute Gasteiger partial charge is 0.410 e. The molecule has 0 bridgehead atoms. The van der Waals surface area contributed by atoms with Crippen molar-refractivity contribution in [2.75, 3.05) is 26.7 Å². The number of ether oxygens (including phenoxy) is 2. The zero-order valence-corrected chi connectivity index (χ0v) is 15.1. The van der Waals surface area contributed by atoms with E-state index in [0.29, 0.717) is 19.6 Å². The number of amides is 1. The van der Waals surface area contributed by atoms with Crippen molar-refractivity contribution in [1.82, 2.24) is 10.2 Å². The molecule has 1 unspecified atom stereocenters. The van der Waals surface area contributed by atoms with Crippen molar-refractivity contribution in [3.8, 4) is 5.75 Å². The molecule has 0 spiro atoms. The van der Waals surface area contributed by atoms with Crippen molar-refractivity contribution in [3.05, 3.63) is 65.2 Å². The van der Waals surface area contributed by atoms with Gasteiger partial charge in [-0.15, -0.1) is 0 Å². The highest BCUT2D eigenvalue weighted by Gasteiger charge is 2.26. The van der Waals surface area contributed by atoms with Gasteiger partial charge in [-0.25, -0.2) is 9.59 Å². The molecule has 2 aromatic rings. The Balaban J connectivity index is 1.62. The Hall–Kier alpha value is -3.06. The molecule has 7 nitrogen and oxygen atoms in total. The average Bonchev–Trinajstić information content (AvgIpc) is 2.72. The van der Waals surface area contributed by atoms with Crippen molar-refractivity contribution in [2.24, 2.45) is 0 Å². The van der Waals surface area contributed by atoms with Crippen LogP contribution in [0, 0.1) is 0 Å². The number of carbonyl (C=O) groups is 2. The van der Waals surface area contributed by atoms with Gasteiger partial charge in [-0.1, -0.05) is 36.4 Å². The standard InChI is InChI=1S/C20H22N2O5/c1-26-19(24)16-8-7-15(11-18(16)23)17-12-22(10-9-21-17)20(25)27-13-14-5-3-2-4-6-14/h2-8,11,17,21,23H,9-10,12-13H2,1H3. The minimum atomic E-state index is -0.596. The van der Waals surface area contributed by atoms with Crippen LogP contribution in [0.15, 0.2) is 48.5 Å². The Morgan fingerprint density at radius 2 is 2.00 bits per heavy atom. The van der Waals surface area contributed by atoms with Crippen molar-refractivity contribution in [3.63, 3.8) is 0 Å². The van der Waals surface area contributed by atoms with Gasteiger partial charge >= 0.3 is 12.1 Å². The van der Waals surface area contributed by atoms with E-state index in [4.69, 9.17) is 4.74 Å². The third-order valence-electron chi connectivity index (χ3n) is 4.47. The molecular weight excluding hydrogens is 348 g/mol. The number of rotatable bonds is 4. The number of benzene rings is 2. The third-order valence-corrected chi connectivity index (χ3v) is 4.47. The summed E-state index contributed by atoms with van der Waals surface area (Å²) in [5, 5.41) is 13.4. The first-order valence-electron chi connectivity index (χ1n) is 8.68. The Labute approximate surface area is 157 Å². The normalized spacial score (nSPS) is 16.6. The minimum absolute atomic E-state index is 0.108. The summed E-state index contributed by atoms with van der Waals surface area (Å²) in [6, 6.07) is 14.1. The van der Waals surface area contributed by atoms with E-state index in [-0.39, 0.29) is 30.1 Å². The number of methoxy groups -OCH3 is 1. The summed E-state index contributed by atoms with van der Waals surface area (Å²) in [4.78, 5) is 25.6. The van der Waals surface area contributed by atoms with E-state index in [1.165, 1.54) is 19.2 Å². The van der Waals surface area contributed by atoms with Crippen LogP contribution >= 0.6 is 0 Å². The molecule has 0 radical (unpaired) electrons. The molecule has 2 aromatic carbocycles. The van der Waals surface area contributed by atoms with Gasteiger partial charge in [0.05, 0.1) is 13.2 Å². The molecule has 1 aliphatic heterocycles. The van der Waals surface area contributed by atoms with Crippen LogP contribution < -0.4 is 5.32 Å². The summed E-state index contributed by atoms with van der Waals surface area (Å²) < 4.78 is 10.0. The lowest BCUT2D eigenvalue weighted by molar-refractivity contribution is 0.0597. The number of nitrogens with zero attached hydrogens (tertiary/aromatic N) is 1. The topological polar surface area (TPSA) is 88.1 Å². The molecule has 27 heavy (non-hydrogen) atoms.